The Balaban J connectivity index is 0. The molecule has 27 nitrogen and oxygen atoms in total. The first-order valence-electron chi connectivity index (χ1n) is 25.7. The van der Waals surface area contributed by atoms with Crippen LogP contribution in [0.15, 0.2) is 30.3 Å². The molecule has 1 aromatic rings. The summed E-state index contributed by atoms with van der Waals surface area (Å²) in [7, 11) is 0. The molecule has 79 heavy (non-hydrogen) atoms. The second kappa shape index (κ2) is 38.7. The first-order valence-corrected chi connectivity index (χ1v) is 25.7. The van der Waals surface area contributed by atoms with E-state index in [1.54, 1.807) is 93.5 Å². The first kappa shape index (κ1) is 74.3. The van der Waals surface area contributed by atoms with Crippen molar-refractivity contribution in [3.05, 3.63) is 35.9 Å². The molecule has 0 fully saturated rings. The van der Waals surface area contributed by atoms with Crippen LogP contribution in [0.25, 0.3) is 0 Å². The molecule has 0 aromatic heterocycles. The Hall–Kier alpha value is -6.81. The molecule has 0 saturated heterocycles. The average molecular weight is 1130 g/mol. The van der Waals surface area contributed by atoms with Crippen LogP contribution in [-0.2, 0) is 97.2 Å². The number of carboxylic acid groups (broad SMARTS) is 3. The third-order valence-corrected chi connectivity index (χ3v) is 11.7. The van der Waals surface area contributed by atoms with Gasteiger partial charge in [-0.15, -0.1) is 0 Å². The largest absolute Gasteiger partial charge is 0.478 e. The van der Waals surface area contributed by atoms with Crippen LogP contribution in [0.1, 0.15) is 121 Å². The van der Waals surface area contributed by atoms with Gasteiger partial charge < -0.3 is 81.9 Å². The first-order chi connectivity index (χ1) is 36.7. The second-order valence-electron chi connectivity index (χ2n) is 19.1. The van der Waals surface area contributed by atoms with E-state index in [9.17, 15) is 63.0 Å². The molecule has 0 amide bonds. The van der Waals surface area contributed by atoms with Crippen LogP contribution >= 0.6 is 0 Å². The third kappa shape index (κ3) is 29.1. The molecule has 13 N–H and O–H groups in total. The molecule has 5 unspecified atom stereocenters. The predicted octanol–water partition coefficient (Wildman–Crippen LogP) is 1.51. The van der Waals surface area contributed by atoms with Gasteiger partial charge in [0.05, 0.1) is 32.5 Å². The number of carbonyl (C=O) groups is 11. The molecule has 450 valence electrons. The number of carbonyl (C=O) groups excluding carboxylic acids is 8. The van der Waals surface area contributed by atoms with Crippen LogP contribution < -0.4 is 28.7 Å². The number of hydrogen-bond donors (Lipinski definition) is 8. The lowest BCUT2D eigenvalue weighted by atomic mass is 10.00. The van der Waals surface area contributed by atoms with Crippen LogP contribution in [0.4, 0.5) is 0 Å². The van der Waals surface area contributed by atoms with Gasteiger partial charge in [0.1, 0.15) is 36.8 Å². The molecular formula is C52H85N5O22. The van der Waals surface area contributed by atoms with Crippen molar-refractivity contribution in [2.24, 2.45) is 58.3 Å². The summed E-state index contributed by atoms with van der Waals surface area (Å²) < 4.78 is 39.5. The molecule has 0 radical (unpaired) electrons. The van der Waals surface area contributed by atoms with E-state index in [2.05, 4.69) is 0 Å². The Labute approximate surface area is 460 Å². The standard InChI is InChI=1S/C19H34N2O8.C17H30N2O8.C16H21NO6/c1-6-10(4)14(20)18(25)28-12(9-13(22)27-8-3)16(17(23)24)29-19(26)15(21)11(5)7-2;1-6-25-11(20)7-10(26-16(23)12(18)8(2)3)14(15(21)22)27-17(24)13(19)9(4)5;1-10(2)14(17)16(21)23-12(15(19)20)8-13(18)22-9-11-6-4-3-5-7-11/h10-12,14-16H,6-9,20-21H2,1-5H3,(H,23,24);8-10,12-14H,6-7,18-19H2,1-5H3,(H,21,22);3-7,10,12,14H,8-9,17H2,1-2H3,(H,19,20)/t10-,11-,12?,14-,15-,16?;10?,12-,13-,14?;12?,14-/m000/s1. The highest BCUT2D eigenvalue weighted by atomic mass is 16.6. The topological polar surface area (TPSA) is 452 Å². The summed E-state index contributed by atoms with van der Waals surface area (Å²) in [6.45, 7) is 20.4. The van der Waals surface area contributed by atoms with Gasteiger partial charge in [-0.3, -0.25) is 38.4 Å². The number of rotatable bonds is 32. The monoisotopic (exact) mass is 1130 g/mol. The van der Waals surface area contributed by atoms with Gasteiger partial charge in [-0.2, -0.15) is 0 Å². The number of ether oxygens (including phenoxy) is 8. The molecule has 0 saturated carbocycles. The summed E-state index contributed by atoms with van der Waals surface area (Å²) in [6, 6.07) is 3.77. The second-order valence-corrected chi connectivity index (χ2v) is 19.1. The number of nitrogens with two attached hydrogens (primary N) is 5. The number of benzene rings is 1. The maximum Gasteiger partial charge on any atom is 0.349 e. The fourth-order valence-electron chi connectivity index (χ4n) is 5.76. The molecule has 0 aliphatic heterocycles. The van der Waals surface area contributed by atoms with Gasteiger partial charge in [-0.25, -0.2) is 14.4 Å². The van der Waals surface area contributed by atoms with Crippen molar-refractivity contribution in [1.29, 1.82) is 0 Å². The fourth-order valence-corrected chi connectivity index (χ4v) is 5.76. The lowest BCUT2D eigenvalue weighted by Gasteiger charge is -2.27. The molecule has 1 rings (SSSR count). The van der Waals surface area contributed by atoms with E-state index in [1.165, 1.54) is 0 Å². The minimum Gasteiger partial charge on any atom is -0.478 e. The molecule has 0 spiro atoms. The maximum atomic E-state index is 12.3. The molecule has 0 heterocycles. The van der Waals surface area contributed by atoms with Crippen molar-refractivity contribution in [3.8, 4) is 0 Å². The minimum atomic E-state index is -1.94. The Bertz CT molecular complexity index is 2110. The highest BCUT2D eigenvalue weighted by Crippen LogP contribution is 2.19. The van der Waals surface area contributed by atoms with E-state index in [1.807, 2.05) is 19.9 Å². The highest BCUT2D eigenvalue weighted by molar-refractivity contribution is 5.86. The molecule has 0 aliphatic carbocycles. The van der Waals surface area contributed by atoms with Crippen LogP contribution in [0.5, 0.6) is 0 Å². The van der Waals surface area contributed by atoms with Crippen molar-refractivity contribution in [1.82, 2.24) is 0 Å². The van der Waals surface area contributed by atoms with E-state index in [4.69, 9.17) is 71.7 Å². The zero-order chi connectivity index (χ0) is 61.4. The van der Waals surface area contributed by atoms with Crippen molar-refractivity contribution >= 4 is 65.7 Å². The maximum absolute atomic E-state index is 12.3. The van der Waals surface area contributed by atoms with E-state index in [-0.39, 0.29) is 49.4 Å². The molecule has 0 aliphatic rings. The summed E-state index contributed by atoms with van der Waals surface area (Å²) in [4.78, 5) is 130. The Kier molecular flexibility index (Phi) is 36.4. The summed E-state index contributed by atoms with van der Waals surface area (Å²) in [5.74, 6) is -13.0. The van der Waals surface area contributed by atoms with Crippen molar-refractivity contribution < 1.29 is 106 Å². The van der Waals surface area contributed by atoms with E-state index in [0.717, 1.165) is 5.56 Å². The predicted molar refractivity (Wildman–Crippen MR) is 279 cm³/mol. The number of esters is 8. The smallest absolute Gasteiger partial charge is 0.349 e. The lowest BCUT2D eigenvalue weighted by Crippen LogP contribution is -2.49. The number of carboxylic acids is 3. The zero-order valence-corrected chi connectivity index (χ0v) is 47.2. The zero-order valence-electron chi connectivity index (χ0n) is 47.2. The number of aliphatic carboxylic acids is 3. The molecule has 0 bridgehead atoms. The van der Waals surface area contributed by atoms with Gasteiger partial charge in [0.25, 0.3) is 0 Å². The lowest BCUT2D eigenvalue weighted by molar-refractivity contribution is -0.184. The summed E-state index contributed by atoms with van der Waals surface area (Å²) in [5.41, 5.74) is 29.3. The van der Waals surface area contributed by atoms with Gasteiger partial charge in [-0.05, 0) is 49.0 Å². The SMILES string of the molecule is CC(C)[C@H](N)C(=O)OC(CC(=O)OCc1ccccc1)C(=O)O.CCOC(=O)CC(OC(=O)[C@@H](N)C(C)C)C(OC(=O)[C@@H](N)C(C)C)C(=O)O.CCOC(=O)CC(OC(=O)[C@@H](N)[C@@H](C)CC)C(OC(=O)[C@@H](N)[C@@H](C)CC)C(=O)O. The normalized spacial score (nSPS) is 15.5. The molecule has 12 atom stereocenters. The minimum absolute atomic E-state index is 0.0193. The van der Waals surface area contributed by atoms with Crippen LogP contribution in [-0.4, -0.2) is 155 Å². The molecular weight excluding hydrogens is 1050 g/mol. The van der Waals surface area contributed by atoms with Gasteiger partial charge in [0.15, 0.2) is 12.2 Å². The summed E-state index contributed by atoms with van der Waals surface area (Å²) in [6.07, 6.45) is -9.36. The van der Waals surface area contributed by atoms with Crippen molar-refractivity contribution in [2.75, 3.05) is 13.2 Å². The van der Waals surface area contributed by atoms with Gasteiger partial charge in [0, 0.05) is 0 Å². The van der Waals surface area contributed by atoms with Gasteiger partial charge >= 0.3 is 65.7 Å². The van der Waals surface area contributed by atoms with E-state index in [0.29, 0.717) is 12.8 Å². The number of hydrogen-bond acceptors (Lipinski definition) is 24. The molecule has 1 aromatic carbocycles. The Morgan fingerprint density at radius 2 is 0.734 bits per heavy atom. The van der Waals surface area contributed by atoms with Crippen LogP contribution in [0, 0.1) is 29.6 Å². The van der Waals surface area contributed by atoms with Crippen molar-refractivity contribution in [3.63, 3.8) is 0 Å². The Morgan fingerprint density at radius 1 is 0.418 bits per heavy atom. The molecule has 27 heteroatoms. The average Bonchev–Trinajstić information content (AvgIpc) is 3.38. The van der Waals surface area contributed by atoms with Crippen LogP contribution in [0.3, 0.4) is 0 Å². The fraction of sp³-hybridized carbons (Fsp3) is 0.673. The summed E-state index contributed by atoms with van der Waals surface area (Å²) in [5, 5.41) is 28.0. The third-order valence-electron chi connectivity index (χ3n) is 11.7. The van der Waals surface area contributed by atoms with E-state index < -0.39 is 146 Å². The quantitative estimate of drug-likeness (QED) is 0.0374. The van der Waals surface area contributed by atoms with Gasteiger partial charge in [-0.1, -0.05) is 112 Å². The van der Waals surface area contributed by atoms with Gasteiger partial charge in [0.2, 0.25) is 18.3 Å². The highest BCUT2D eigenvalue weighted by Gasteiger charge is 2.41. The van der Waals surface area contributed by atoms with Crippen LogP contribution in [0.2, 0.25) is 0 Å². The van der Waals surface area contributed by atoms with E-state index >= 15 is 0 Å². The van der Waals surface area contributed by atoms with Crippen molar-refractivity contribution in [2.45, 2.75) is 183 Å². The Morgan fingerprint density at radius 3 is 1.05 bits per heavy atom. The summed E-state index contributed by atoms with van der Waals surface area (Å²) >= 11 is 0.